The Kier molecular flexibility index (Phi) is 4.23. The molecular formula is C39H30N2. The van der Waals surface area contributed by atoms with Crippen molar-refractivity contribution in [1.82, 2.24) is 9.55 Å². The third kappa shape index (κ3) is 2.75. The molecule has 0 bridgehead atoms. The summed E-state index contributed by atoms with van der Waals surface area (Å²) in [6, 6.07) is 36.4. The lowest BCUT2D eigenvalue weighted by Gasteiger charge is -2.35. The van der Waals surface area contributed by atoms with E-state index in [2.05, 4.69) is 134 Å². The number of fused-ring (bicyclic) bond motifs is 9. The van der Waals surface area contributed by atoms with E-state index in [-0.39, 0.29) is 10.8 Å². The molecule has 0 saturated heterocycles. The zero-order valence-corrected chi connectivity index (χ0v) is 23.8. The van der Waals surface area contributed by atoms with Crippen LogP contribution < -0.4 is 0 Å². The van der Waals surface area contributed by atoms with Crippen molar-refractivity contribution in [2.75, 3.05) is 0 Å². The molecule has 0 unspecified atom stereocenters. The van der Waals surface area contributed by atoms with Crippen LogP contribution >= 0.6 is 0 Å². The van der Waals surface area contributed by atoms with E-state index >= 15 is 0 Å². The molecule has 7 aromatic rings. The molecule has 196 valence electrons. The maximum Gasteiger partial charge on any atom is 0.0620 e. The van der Waals surface area contributed by atoms with Crippen LogP contribution in [0.3, 0.4) is 0 Å². The normalized spacial score (nSPS) is 15.7. The third-order valence-electron chi connectivity index (χ3n) is 10.1. The minimum Gasteiger partial charge on any atom is -0.308 e. The highest BCUT2D eigenvalue weighted by atomic mass is 15.0. The first-order chi connectivity index (χ1) is 19.9. The van der Waals surface area contributed by atoms with Crippen molar-refractivity contribution in [2.45, 2.75) is 38.5 Å². The smallest absolute Gasteiger partial charge is 0.0620 e. The van der Waals surface area contributed by atoms with Gasteiger partial charge >= 0.3 is 0 Å². The summed E-state index contributed by atoms with van der Waals surface area (Å²) in [5.41, 5.74) is 14.5. The Labute approximate surface area is 239 Å². The number of benzene rings is 5. The van der Waals surface area contributed by atoms with Crippen LogP contribution in [0.5, 0.6) is 0 Å². The summed E-state index contributed by atoms with van der Waals surface area (Å²) in [7, 11) is 0. The number of nitrogens with zero attached hydrogens (tertiary/aromatic N) is 2. The van der Waals surface area contributed by atoms with E-state index in [1.807, 2.05) is 12.4 Å². The first kappa shape index (κ1) is 23.1. The second kappa shape index (κ2) is 7.53. The van der Waals surface area contributed by atoms with Crippen LogP contribution in [-0.4, -0.2) is 9.55 Å². The van der Waals surface area contributed by atoms with E-state index in [4.69, 9.17) is 0 Å². The molecule has 2 heterocycles. The van der Waals surface area contributed by atoms with Crippen molar-refractivity contribution in [3.8, 4) is 27.9 Å². The Morgan fingerprint density at radius 3 is 1.98 bits per heavy atom. The average Bonchev–Trinajstić information content (AvgIpc) is 3.45. The first-order valence-electron chi connectivity index (χ1n) is 14.6. The second-order valence-corrected chi connectivity index (χ2v) is 12.8. The first-order valence-corrected chi connectivity index (χ1v) is 14.6. The molecule has 0 radical (unpaired) electrons. The predicted molar refractivity (Wildman–Crippen MR) is 171 cm³/mol. The zero-order valence-electron chi connectivity index (χ0n) is 23.8. The minimum absolute atomic E-state index is 0.0563. The Balaban J connectivity index is 1.43. The van der Waals surface area contributed by atoms with Gasteiger partial charge in [0.05, 0.1) is 11.0 Å². The molecule has 0 N–H and O–H groups in total. The molecular weight excluding hydrogens is 496 g/mol. The summed E-state index contributed by atoms with van der Waals surface area (Å²) in [6.45, 7) is 9.45. The lowest BCUT2D eigenvalue weighted by molar-refractivity contribution is 0.645. The molecule has 41 heavy (non-hydrogen) atoms. The molecule has 2 nitrogen and oxygen atoms in total. The lowest BCUT2D eigenvalue weighted by atomic mass is 9.68. The molecule has 0 saturated carbocycles. The van der Waals surface area contributed by atoms with E-state index in [0.29, 0.717) is 0 Å². The van der Waals surface area contributed by atoms with Gasteiger partial charge in [-0.05, 0) is 74.2 Å². The van der Waals surface area contributed by atoms with Gasteiger partial charge in [0.15, 0.2) is 0 Å². The predicted octanol–water partition coefficient (Wildman–Crippen LogP) is 9.94. The highest BCUT2D eigenvalue weighted by molar-refractivity contribution is 6.23. The van der Waals surface area contributed by atoms with Gasteiger partial charge in [-0.15, -0.1) is 0 Å². The molecule has 0 amide bonds. The number of aromatic nitrogens is 2. The van der Waals surface area contributed by atoms with Gasteiger partial charge in [0.25, 0.3) is 0 Å². The van der Waals surface area contributed by atoms with Gasteiger partial charge in [0, 0.05) is 45.1 Å². The van der Waals surface area contributed by atoms with Crippen LogP contribution in [0.15, 0.2) is 109 Å². The van der Waals surface area contributed by atoms with Gasteiger partial charge in [0.2, 0.25) is 0 Å². The second-order valence-electron chi connectivity index (χ2n) is 12.8. The molecule has 2 aromatic heterocycles. The third-order valence-corrected chi connectivity index (χ3v) is 10.1. The number of hydrogen-bond donors (Lipinski definition) is 0. The molecule has 0 fully saturated rings. The van der Waals surface area contributed by atoms with Gasteiger partial charge < -0.3 is 4.57 Å². The quantitative estimate of drug-likeness (QED) is 0.208. The van der Waals surface area contributed by atoms with Crippen LogP contribution in [0.1, 0.15) is 49.9 Å². The standard InChI is InChI=1S/C39H30N2/c1-38(2)32-14-8-6-11-25(32)28-21-29-30-22-40-19-18-35(30)41(37(29)27-12-9-15-33(38)36(27)28)23-16-17-26-24-10-5-7-13-31(24)39(3,4)34(26)20-23/h5-22H,1-4H3. The topological polar surface area (TPSA) is 17.8 Å². The summed E-state index contributed by atoms with van der Waals surface area (Å²) in [4.78, 5) is 4.60. The van der Waals surface area contributed by atoms with E-state index in [1.165, 1.54) is 82.8 Å². The molecule has 2 aliphatic rings. The van der Waals surface area contributed by atoms with Gasteiger partial charge in [-0.25, -0.2) is 0 Å². The summed E-state index contributed by atoms with van der Waals surface area (Å²) in [5, 5.41) is 5.12. The lowest BCUT2D eigenvalue weighted by Crippen LogP contribution is -2.23. The van der Waals surface area contributed by atoms with Crippen LogP contribution in [0, 0.1) is 0 Å². The molecule has 5 aromatic carbocycles. The van der Waals surface area contributed by atoms with Crippen LogP contribution in [0.25, 0.3) is 60.5 Å². The summed E-state index contributed by atoms with van der Waals surface area (Å²) < 4.78 is 2.49. The SMILES string of the molecule is CC1(C)c2ccccc2-c2ccc(-n3c4ccncc4c4cc5c6c(cccc6c43)C(C)(C)c3ccccc3-5)cc21. The Bertz CT molecular complexity index is 2260. The van der Waals surface area contributed by atoms with Crippen molar-refractivity contribution in [1.29, 1.82) is 0 Å². The van der Waals surface area contributed by atoms with Crippen LogP contribution in [0.2, 0.25) is 0 Å². The maximum atomic E-state index is 4.60. The van der Waals surface area contributed by atoms with Gasteiger partial charge in [-0.3, -0.25) is 4.98 Å². The molecule has 2 aliphatic carbocycles. The van der Waals surface area contributed by atoms with E-state index < -0.39 is 0 Å². The fraction of sp³-hybridized carbons (Fsp3) is 0.154. The van der Waals surface area contributed by atoms with Gasteiger partial charge in [0.1, 0.15) is 0 Å². The summed E-state index contributed by atoms with van der Waals surface area (Å²) in [5.74, 6) is 0. The number of pyridine rings is 1. The summed E-state index contributed by atoms with van der Waals surface area (Å²) >= 11 is 0. The molecule has 0 aliphatic heterocycles. The van der Waals surface area contributed by atoms with Crippen molar-refractivity contribution in [2.24, 2.45) is 0 Å². The highest BCUT2D eigenvalue weighted by Crippen LogP contribution is 2.52. The van der Waals surface area contributed by atoms with E-state index in [1.54, 1.807) is 0 Å². The number of rotatable bonds is 1. The van der Waals surface area contributed by atoms with Crippen molar-refractivity contribution in [3.05, 3.63) is 132 Å². The largest absolute Gasteiger partial charge is 0.308 e. The Morgan fingerprint density at radius 1 is 0.537 bits per heavy atom. The van der Waals surface area contributed by atoms with Crippen LogP contribution in [0.4, 0.5) is 0 Å². The van der Waals surface area contributed by atoms with Gasteiger partial charge in [-0.2, -0.15) is 0 Å². The molecule has 2 heteroatoms. The molecule has 0 spiro atoms. The monoisotopic (exact) mass is 526 g/mol. The Hall–Kier alpha value is -4.69. The molecule has 0 atom stereocenters. The summed E-state index contributed by atoms with van der Waals surface area (Å²) in [6.07, 6.45) is 3.97. The zero-order chi connectivity index (χ0) is 27.7. The van der Waals surface area contributed by atoms with Crippen molar-refractivity contribution >= 4 is 32.6 Å². The number of hydrogen-bond acceptors (Lipinski definition) is 1. The Morgan fingerprint density at radius 2 is 1.20 bits per heavy atom. The minimum atomic E-state index is -0.0848. The van der Waals surface area contributed by atoms with E-state index in [9.17, 15) is 0 Å². The molecule has 9 rings (SSSR count). The van der Waals surface area contributed by atoms with E-state index in [0.717, 1.165) is 0 Å². The van der Waals surface area contributed by atoms with Gasteiger partial charge in [-0.1, -0.05) is 100 Å². The fourth-order valence-corrected chi connectivity index (χ4v) is 8.07. The van der Waals surface area contributed by atoms with Crippen LogP contribution in [-0.2, 0) is 10.8 Å². The highest BCUT2D eigenvalue weighted by Gasteiger charge is 2.36. The maximum absolute atomic E-state index is 4.60. The van der Waals surface area contributed by atoms with Crippen molar-refractivity contribution in [3.63, 3.8) is 0 Å². The average molecular weight is 527 g/mol. The fourth-order valence-electron chi connectivity index (χ4n) is 8.07. The van der Waals surface area contributed by atoms with Crippen molar-refractivity contribution < 1.29 is 0 Å².